The number of esters is 1. The number of nitrogens with zero attached hydrogens (tertiary/aromatic N) is 1. The van der Waals surface area contributed by atoms with Gasteiger partial charge in [-0.15, -0.1) is 0 Å². The first kappa shape index (κ1) is 11.0. The molecule has 3 rings (SSSR count). The van der Waals surface area contributed by atoms with E-state index in [4.69, 9.17) is 10.00 Å². The van der Waals surface area contributed by atoms with E-state index in [0.717, 1.165) is 12.5 Å². The lowest BCUT2D eigenvalue weighted by Crippen LogP contribution is -2.16. The fourth-order valence-electron chi connectivity index (χ4n) is 2.52. The van der Waals surface area contributed by atoms with Gasteiger partial charge < -0.3 is 9.47 Å². The smallest absolute Gasteiger partial charge is 0.338 e. The number of fused-ring (bicyclic) bond motifs is 3. The van der Waals surface area contributed by atoms with Crippen molar-refractivity contribution >= 4 is 5.97 Å². The Hall–Kier alpha value is -2.09. The predicted octanol–water partition coefficient (Wildman–Crippen LogP) is 1.98. The van der Waals surface area contributed by atoms with Gasteiger partial charge in [-0.2, -0.15) is 5.26 Å². The van der Waals surface area contributed by atoms with E-state index in [1.165, 1.54) is 7.11 Å². The topological polar surface area (TPSA) is 59.3 Å². The Morgan fingerprint density at radius 3 is 3.11 bits per heavy atom. The normalized spacial score (nSPS) is 23.2. The van der Waals surface area contributed by atoms with E-state index in [1.54, 1.807) is 6.07 Å². The van der Waals surface area contributed by atoms with Crippen molar-refractivity contribution in [3.05, 3.63) is 28.6 Å². The lowest BCUT2D eigenvalue weighted by molar-refractivity contribution is 0.0597. The predicted molar refractivity (Wildman–Crippen MR) is 58.8 cm³/mol. The molecule has 0 aromatic heterocycles. The summed E-state index contributed by atoms with van der Waals surface area (Å²) in [5, 5.41) is 8.97. The second-order valence-electron chi connectivity index (χ2n) is 4.54. The molecule has 1 fully saturated rings. The zero-order valence-electron chi connectivity index (χ0n) is 9.70. The molecule has 1 saturated carbocycles. The van der Waals surface area contributed by atoms with E-state index in [9.17, 15) is 9.18 Å². The highest BCUT2D eigenvalue weighted by atomic mass is 19.1. The highest BCUT2D eigenvalue weighted by molar-refractivity contribution is 5.93. The summed E-state index contributed by atoms with van der Waals surface area (Å²) in [5.74, 6) is -0.549. The number of benzene rings is 1. The fourth-order valence-corrected chi connectivity index (χ4v) is 2.52. The van der Waals surface area contributed by atoms with Gasteiger partial charge in [0.1, 0.15) is 23.2 Å². The lowest BCUT2D eigenvalue weighted by atomic mass is 9.95. The van der Waals surface area contributed by atoms with Crippen LogP contribution in [0.25, 0.3) is 0 Å². The van der Waals surface area contributed by atoms with Crippen LogP contribution in [0.4, 0.5) is 4.39 Å². The number of hydrogen-bond acceptors (Lipinski definition) is 4. The van der Waals surface area contributed by atoms with Crippen molar-refractivity contribution in [3.8, 4) is 11.8 Å². The standard InChI is InChI=1S/C13H10FNO3/c1-17-13(16)8-3-10(14)9(4-15)12-11(8)7-2-6(7)5-18-12/h3,6-7H,2,5H2,1H3. The van der Waals surface area contributed by atoms with Gasteiger partial charge in [0.05, 0.1) is 19.3 Å². The monoisotopic (exact) mass is 247 g/mol. The van der Waals surface area contributed by atoms with Gasteiger partial charge in [-0.3, -0.25) is 0 Å². The molecule has 0 N–H and O–H groups in total. The van der Waals surface area contributed by atoms with Crippen molar-refractivity contribution in [1.29, 1.82) is 5.26 Å². The van der Waals surface area contributed by atoms with Crippen molar-refractivity contribution in [2.45, 2.75) is 12.3 Å². The summed E-state index contributed by atoms with van der Waals surface area (Å²) in [6.45, 7) is 0.483. The minimum atomic E-state index is -0.740. The quantitative estimate of drug-likeness (QED) is 0.712. The first-order valence-electron chi connectivity index (χ1n) is 5.65. The number of halogens is 1. The maximum absolute atomic E-state index is 13.8. The molecule has 1 aromatic carbocycles. The van der Waals surface area contributed by atoms with Gasteiger partial charge in [-0.1, -0.05) is 0 Å². The molecule has 2 atom stereocenters. The van der Waals surface area contributed by atoms with Crippen LogP contribution in [0.1, 0.15) is 33.8 Å². The number of rotatable bonds is 1. The summed E-state index contributed by atoms with van der Waals surface area (Å²) < 4.78 is 23.9. The molecule has 0 amide bonds. The summed E-state index contributed by atoms with van der Waals surface area (Å²) in [6.07, 6.45) is 0.910. The van der Waals surface area contributed by atoms with Crippen molar-refractivity contribution < 1.29 is 18.7 Å². The van der Waals surface area contributed by atoms with Gasteiger partial charge in [-0.05, 0) is 18.4 Å². The number of nitriles is 1. The van der Waals surface area contributed by atoms with E-state index in [-0.39, 0.29) is 22.8 Å². The third kappa shape index (κ3) is 1.39. The second-order valence-corrected chi connectivity index (χ2v) is 4.54. The van der Waals surface area contributed by atoms with E-state index >= 15 is 0 Å². The van der Waals surface area contributed by atoms with Crippen molar-refractivity contribution in [1.82, 2.24) is 0 Å². The van der Waals surface area contributed by atoms with Crippen LogP contribution in [0.5, 0.6) is 5.75 Å². The van der Waals surface area contributed by atoms with E-state index in [0.29, 0.717) is 18.1 Å². The minimum Gasteiger partial charge on any atom is -0.491 e. The van der Waals surface area contributed by atoms with Crippen LogP contribution < -0.4 is 4.74 Å². The SMILES string of the molecule is COC(=O)c1cc(F)c(C#N)c2c1C1CC1CO2. The van der Waals surface area contributed by atoms with Gasteiger partial charge in [0, 0.05) is 11.5 Å². The number of hydrogen-bond donors (Lipinski definition) is 0. The average molecular weight is 247 g/mol. The molecule has 2 aliphatic rings. The molecule has 1 aliphatic heterocycles. The molecule has 2 unspecified atom stereocenters. The van der Waals surface area contributed by atoms with Gasteiger partial charge in [-0.25, -0.2) is 9.18 Å². The molecule has 0 spiro atoms. The third-order valence-corrected chi connectivity index (χ3v) is 3.52. The van der Waals surface area contributed by atoms with Crippen molar-refractivity contribution in [2.24, 2.45) is 5.92 Å². The molecule has 4 nitrogen and oxygen atoms in total. The first-order chi connectivity index (χ1) is 8.67. The van der Waals surface area contributed by atoms with E-state index in [1.807, 2.05) is 0 Å². The molecule has 0 bridgehead atoms. The molecule has 1 aliphatic carbocycles. The summed E-state index contributed by atoms with van der Waals surface area (Å²) in [7, 11) is 1.25. The maximum atomic E-state index is 13.8. The lowest BCUT2D eigenvalue weighted by Gasteiger charge is -2.20. The van der Waals surface area contributed by atoms with Gasteiger partial charge >= 0.3 is 5.97 Å². The molecule has 1 aromatic rings. The summed E-state index contributed by atoms with van der Waals surface area (Å²) in [6, 6.07) is 2.87. The molecule has 0 saturated heterocycles. The van der Waals surface area contributed by atoms with Crippen LogP contribution in [0.15, 0.2) is 6.07 Å². The van der Waals surface area contributed by atoms with Crippen molar-refractivity contribution in [3.63, 3.8) is 0 Å². The largest absolute Gasteiger partial charge is 0.491 e. The van der Waals surface area contributed by atoms with E-state index in [2.05, 4.69) is 4.74 Å². The van der Waals surface area contributed by atoms with Crippen LogP contribution in [-0.4, -0.2) is 19.7 Å². The molecule has 1 heterocycles. The Labute approximate surface area is 103 Å². The minimum absolute atomic E-state index is 0.122. The van der Waals surface area contributed by atoms with Crippen LogP contribution in [-0.2, 0) is 4.74 Å². The zero-order valence-corrected chi connectivity index (χ0v) is 9.70. The fraction of sp³-hybridized carbons (Fsp3) is 0.385. The zero-order chi connectivity index (χ0) is 12.9. The third-order valence-electron chi connectivity index (χ3n) is 3.52. The Morgan fingerprint density at radius 2 is 2.44 bits per heavy atom. The molecule has 92 valence electrons. The van der Waals surface area contributed by atoms with Crippen LogP contribution in [0, 0.1) is 23.1 Å². The number of carbonyl (C=O) groups is 1. The van der Waals surface area contributed by atoms with Gasteiger partial charge in [0.25, 0.3) is 0 Å². The Morgan fingerprint density at radius 1 is 1.67 bits per heavy atom. The Kier molecular flexibility index (Phi) is 2.27. The molecular formula is C13H10FNO3. The first-order valence-corrected chi connectivity index (χ1v) is 5.65. The maximum Gasteiger partial charge on any atom is 0.338 e. The van der Waals surface area contributed by atoms with Gasteiger partial charge in [0.2, 0.25) is 0 Å². The summed E-state index contributed by atoms with van der Waals surface area (Å²) >= 11 is 0. The number of carbonyl (C=O) groups excluding carboxylic acids is 1. The second kappa shape index (κ2) is 3.70. The van der Waals surface area contributed by atoms with Crippen LogP contribution in [0.3, 0.4) is 0 Å². The molecule has 18 heavy (non-hydrogen) atoms. The van der Waals surface area contributed by atoms with Crippen LogP contribution in [0.2, 0.25) is 0 Å². The molecule has 0 radical (unpaired) electrons. The molecule has 5 heteroatoms. The molecular weight excluding hydrogens is 237 g/mol. The highest BCUT2D eigenvalue weighted by Crippen LogP contribution is 2.56. The Bertz CT molecular complexity index is 591. The number of methoxy groups -OCH3 is 1. The summed E-state index contributed by atoms with van der Waals surface area (Å²) in [4.78, 5) is 11.7. The highest BCUT2D eigenvalue weighted by Gasteiger charge is 2.47. The summed E-state index contributed by atoms with van der Waals surface area (Å²) in [5.41, 5.74) is 0.690. The van der Waals surface area contributed by atoms with Crippen LogP contribution >= 0.6 is 0 Å². The average Bonchev–Trinajstić information content (AvgIpc) is 3.15. The van der Waals surface area contributed by atoms with Crippen molar-refractivity contribution in [2.75, 3.05) is 13.7 Å². The Balaban J connectivity index is 2.26. The van der Waals surface area contributed by atoms with Gasteiger partial charge in [0.15, 0.2) is 0 Å². The number of ether oxygens (including phenoxy) is 2. The van der Waals surface area contributed by atoms with E-state index < -0.39 is 11.8 Å².